The number of carbonyl (C=O) groups is 1. The molecule has 0 radical (unpaired) electrons. The van der Waals surface area contributed by atoms with E-state index in [0.717, 1.165) is 41.9 Å². The number of fused-ring (bicyclic) bond motifs is 1. The largest absolute Gasteiger partial charge is 0.493 e. The van der Waals surface area contributed by atoms with Gasteiger partial charge < -0.3 is 19.5 Å². The zero-order valence-corrected chi connectivity index (χ0v) is 16.9. The van der Waals surface area contributed by atoms with Crippen molar-refractivity contribution in [3.8, 4) is 17.2 Å². The SMILES string of the molecule is CCCCCOc1ccc(C(C)NC(=O)C2COc3ccccc32)cc1OC. The van der Waals surface area contributed by atoms with Gasteiger partial charge in [-0.25, -0.2) is 0 Å². The molecular formula is C23H29NO4. The lowest BCUT2D eigenvalue weighted by molar-refractivity contribution is -0.123. The van der Waals surface area contributed by atoms with Crippen LogP contribution in [0.4, 0.5) is 0 Å². The molecule has 0 aromatic heterocycles. The summed E-state index contributed by atoms with van der Waals surface area (Å²) >= 11 is 0. The summed E-state index contributed by atoms with van der Waals surface area (Å²) in [7, 11) is 1.63. The van der Waals surface area contributed by atoms with Crippen LogP contribution in [0.2, 0.25) is 0 Å². The number of amides is 1. The Kier molecular flexibility index (Phi) is 6.80. The van der Waals surface area contributed by atoms with E-state index in [-0.39, 0.29) is 17.9 Å². The summed E-state index contributed by atoms with van der Waals surface area (Å²) < 4.78 is 17.0. The van der Waals surface area contributed by atoms with E-state index in [4.69, 9.17) is 14.2 Å². The summed E-state index contributed by atoms with van der Waals surface area (Å²) in [5, 5.41) is 3.09. The predicted molar refractivity (Wildman–Crippen MR) is 109 cm³/mol. The van der Waals surface area contributed by atoms with Gasteiger partial charge in [0.2, 0.25) is 5.91 Å². The molecule has 0 saturated carbocycles. The van der Waals surface area contributed by atoms with E-state index in [1.54, 1.807) is 7.11 Å². The van der Waals surface area contributed by atoms with Crippen LogP contribution in [-0.4, -0.2) is 26.2 Å². The second-order valence-electron chi connectivity index (χ2n) is 7.10. The Morgan fingerprint density at radius 2 is 2.04 bits per heavy atom. The number of hydrogen-bond acceptors (Lipinski definition) is 4. The van der Waals surface area contributed by atoms with E-state index < -0.39 is 0 Å². The first-order valence-electron chi connectivity index (χ1n) is 9.96. The summed E-state index contributed by atoms with van der Waals surface area (Å²) in [6.45, 7) is 5.19. The number of hydrogen-bond donors (Lipinski definition) is 1. The van der Waals surface area contributed by atoms with Crippen LogP contribution in [0.15, 0.2) is 42.5 Å². The van der Waals surface area contributed by atoms with Gasteiger partial charge in [0.05, 0.1) is 19.8 Å². The van der Waals surface area contributed by atoms with Crippen molar-refractivity contribution in [1.82, 2.24) is 5.32 Å². The van der Waals surface area contributed by atoms with Crippen molar-refractivity contribution in [2.45, 2.75) is 45.1 Å². The fraction of sp³-hybridized carbons (Fsp3) is 0.435. The minimum absolute atomic E-state index is 0.0312. The summed E-state index contributed by atoms with van der Waals surface area (Å²) in [6.07, 6.45) is 3.34. The zero-order valence-electron chi connectivity index (χ0n) is 16.9. The van der Waals surface area contributed by atoms with E-state index in [0.29, 0.717) is 19.0 Å². The van der Waals surface area contributed by atoms with E-state index in [1.807, 2.05) is 49.4 Å². The Morgan fingerprint density at radius 1 is 1.21 bits per heavy atom. The van der Waals surface area contributed by atoms with Gasteiger partial charge in [-0.15, -0.1) is 0 Å². The molecule has 0 saturated heterocycles. The van der Waals surface area contributed by atoms with E-state index >= 15 is 0 Å². The van der Waals surface area contributed by atoms with Crippen LogP contribution >= 0.6 is 0 Å². The van der Waals surface area contributed by atoms with Gasteiger partial charge in [-0.2, -0.15) is 0 Å². The quantitative estimate of drug-likeness (QED) is 0.642. The van der Waals surface area contributed by atoms with Crippen molar-refractivity contribution in [2.75, 3.05) is 20.3 Å². The molecule has 5 heteroatoms. The third-order valence-electron chi connectivity index (χ3n) is 5.07. The lowest BCUT2D eigenvalue weighted by Gasteiger charge is -2.19. The average molecular weight is 383 g/mol. The van der Waals surface area contributed by atoms with Crippen LogP contribution < -0.4 is 19.5 Å². The van der Waals surface area contributed by atoms with Gasteiger partial charge in [-0.3, -0.25) is 4.79 Å². The van der Waals surface area contributed by atoms with Gasteiger partial charge in [-0.05, 0) is 37.1 Å². The molecule has 1 aliphatic heterocycles. The maximum atomic E-state index is 12.8. The molecule has 0 aliphatic carbocycles. The molecule has 0 bridgehead atoms. The van der Waals surface area contributed by atoms with Crippen LogP contribution in [0.5, 0.6) is 17.2 Å². The molecule has 0 spiro atoms. The van der Waals surface area contributed by atoms with Gasteiger partial charge in [0.25, 0.3) is 0 Å². The monoisotopic (exact) mass is 383 g/mol. The molecule has 5 nitrogen and oxygen atoms in total. The fourth-order valence-corrected chi connectivity index (χ4v) is 3.38. The van der Waals surface area contributed by atoms with Crippen molar-refractivity contribution >= 4 is 5.91 Å². The molecule has 2 unspecified atom stereocenters. The molecule has 2 atom stereocenters. The molecular weight excluding hydrogens is 354 g/mol. The van der Waals surface area contributed by atoms with Crippen molar-refractivity contribution < 1.29 is 19.0 Å². The standard InChI is InChI=1S/C23H29NO4/c1-4-5-8-13-27-21-12-11-17(14-22(21)26-3)16(2)24-23(25)19-15-28-20-10-7-6-9-18(19)20/h6-7,9-12,14,16,19H,4-5,8,13,15H2,1-3H3,(H,24,25). The second kappa shape index (κ2) is 9.49. The van der Waals surface area contributed by atoms with Gasteiger partial charge in [-0.1, -0.05) is 44.0 Å². The number of unbranched alkanes of at least 4 members (excludes halogenated alkanes) is 2. The molecule has 150 valence electrons. The normalized spacial score (nSPS) is 16.0. The van der Waals surface area contributed by atoms with Crippen LogP contribution in [0, 0.1) is 0 Å². The minimum Gasteiger partial charge on any atom is -0.493 e. The molecule has 1 aliphatic rings. The van der Waals surface area contributed by atoms with Crippen molar-refractivity contribution in [3.05, 3.63) is 53.6 Å². The summed E-state index contributed by atoms with van der Waals surface area (Å²) in [5.41, 5.74) is 1.92. The van der Waals surface area contributed by atoms with Gasteiger partial charge in [0.15, 0.2) is 11.5 Å². The highest BCUT2D eigenvalue weighted by atomic mass is 16.5. The third-order valence-corrected chi connectivity index (χ3v) is 5.07. The first kappa shape index (κ1) is 20.1. The Hall–Kier alpha value is -2.69. The lowest BCUT2D eigenvalue weighted by Crippen LogP contribution is -2.32. The summed E-state index contributed by atoms with van der Waals surface area (Å²) in [5.74, 6) is 1.91. The second-order valence-corrected chi connectivity index (χ2v) is 7.10. The van der Waals surface area contributed by atoms with Gasteiger partial charge >= 0.3 is 0 Å². The van der Waals surface area contributed by atoms with E-state index in [2.05, 4.69) is 12.2 Å². The fourth-order valence-electron chi connectivity index (χ4n) is 3.38. The maximum absolute atomic E-state index is 12.8. The number of methoxy groups -OCH3 is 1. The number of rotatable bonds is 9. The molecule has 2 aromatic carbocycles. The van der Waals surface area contributed by atoms with Crippen molar-refractivity contribution in [1.29, 1.82) is 0 Å². The Morgan fingerprint density at radius 3 is 2.82 bits per heavy atom. The number of para-hydroxylation sites is 1. The highest BCUT2D eigenvalue weighted by Gasteiger charge is 2.30. The van der Waals surface area contributed by atoms with Gasteiger partial charge in [0.1, 0.15) is 18.3 Å². The Labute approximate surface area is 167 Å². The van der Waals surface area contributed by atoms with Crippen molar-refractivity contribution in [2.24, 2.45) is 0 Å². The number of ether oxygens (including phenoxy) is 3. The molecule has 0 fully saturated rings. The minimum atomic E-state index is -0.276. The first-order valence-corrected chi connectivity index (χ1v) is 9.96. The topological polar surface area (TPSA) is 56.8 Å². The van der Waals surface area contributed by atoms with Crippen LogP contribution in [0.1, 0.15) is 56.2 Å². The Bertz CT molecular complexity index is 805. The third kappa shape index (κ3) is 4.58. The Balaban J connectivity index is 1.64. The van der Waals surface area contributed by atoms with Gasteiger partial charge in [0, 0.05) is 5.56 Å². The molecule has 1 amide bonds. The lowest BCUT2D eigenvalue weighted by atomic mass is 9.99. The van der Waals surface area contributed by atoms with Crippen LogP contribution in [0.3, 0.4) is 0 Å². The highest BCUT2D eigenvalue weighted by molar-refractivity contribution is 5.85. The molecule has 28 heavy (non-hydrogen) atoms. The zero-order chi connectivity index (χ0) is 19.9. The highest BCUT2D eigenvalue weighted by Crippen LogP contribution is 2.34. The smallest absolute Gasteiger partial charge is 0.231 e. The van der Waals surface area contributed by atoms with E-state index in [9.17, 15) is 4.79 Å². The average Bonchev–Trinajstić information content (AvgIpc) is 3.15. The molecule has 2 aromatic rings. The van der Waals surface area contributed by atoms with Crippen LogP contribution in [-0.2, 0) is 4.79 Å². The summed E-state index contributed by atoms with van der Waals surface area (Å²) in [6, 6.07) is 13.4. The molecule has 1 heterocycles. The van der Waals surface area contributed by atoms with E-state index in [1.165, 1.54) is 0 Å². The number of carbonyl (C=O) groups excluding carboxylic acids is 1. The summed E-state index contributed by atoms with van der Waals surface area (Å²) in [4.78, 5) is 12.8. The maximum Gasteiger partial charge on any atom is 0.231 e. The molecule has 3 rings (SSSR count). The number of nitrogens with one attached hydrogen (secondary N) is 1. The predicted octanol–water partition coefficient (Wildman–Crippen LogP) is 4.62. The van der Waals surface area contributed by atoms with Crippen LogP contribution in [0.25, 0.3) is 0 Å². The molecule has 1 N–H and O–H groups in total. The first-order chi connectivity index (χ1) is 13.6. The van der Waals surface area contributed by atoms with Crippen molar-refractivity contribution in [3.63, 3.8) is 0 Å². The number of benzene rings is 2.